The van der Waals surface area contributed by atoms with Gasteiger partial charge in [0.05, 0.1) is 5.54 Å². The number of benzene rings is 1. The number of hydrogen-bond donors (Lipinski definition) is 2. The number of aromatic nitrogens is 2. The van der Waals surface area contributed by atoms with Gasteiger partial charge in [0.1, 0.15) is 5.75 Å². The van der Waals surface area contributed by atoms with Gasteiger partial charge in [0.15, 0.2) is 12.3 Å². The summed E-state index contributed by atoms with van der Waals surface area (Å²) in [5.41, 5.74) is 1.74. The Morgan fingerprint density at radius 1 is 1.21 bits per heavy atom. The molecule has 28 heavy (non-hydrogen) atoms. The van der Waals surface area contributed by atoms with E-state index in [9.17, 15) is 9.59 Å². The van der Waals surface area contributed by atoms with E-state index in [0.29, 0.717) is 23.7 Å². The van der Waals surface area contributed by atoms with Gasteiger partial charge in [0, 0.05) is 24.0 Å². The maximum atomic E-state index is 12.7. The van der Waals surface area contributed by atoms with Crippen LogP contribution in [0.1, 0.15) is 63.6 Å². The van der Waals surface area contributed by atoms with Gasteiger partial charge in [0.2, 0.25) is 0 Å². The molecule has 0 unspecified atom stereocenters. The predicted octanol–water partition coefficient (Wildman–Crippen LogP) is 3.53. The van der Waals surface area contributed by atoms with Crippen molar-refractivity contribution in [2.75, 3.05) is 18.5 Å². The number of nitrogens with one attached hydrogen (secondary N) is 2. The molecule has 0 aliphatic rings. The second-order valence-electron chi connectivity index (χ2n) is 7.92. The van der Waals surface area contributed by atoms with Crippen LogP contribution in [0.25, 0.3) is 0 Å². The lowest BCUT2D eigenvalue weighted by Crippen LogP contribution is -2.28. The Morgan fingerprint density at radius 3 is 2.50 bits per heavy atom. The predicted molar refractivity (Wildman–Crippen MR) is 110 cm³/mol. The van der Waals surface area contributed by atoms with E-state index >= 15 is 0 Å². The van der Waals surface area contributed by atoms with Gasteiger partial charge in [-0.25, -0.2) is 0 Å². The van der Waals surface area contributed by atoms with Gasteiger partial charge in [-0.2, -0.15) is 5.10 Å². The molecular weight excluding hydrogens is 356 g/mol. The zero-order valence-electron chi connectivity index (χ0n) is 17.5. The monoisotopic (exact) mass is 386 g/mol. The molecule has 0 radical (unpaired) electrons. The summed E-state index contributed by atoms with van der Waals surface area (Å²) in [5, 5.41) is 10.0. The third-order valence-corrected chi connectivity index (χ3v) is 4.03. The van der Waals surface area contributed by atoms with E-state index in [-0.39, 0.29) is 29.9 Å². The summed E-state index contributed by atoms with van der Waals surface area (Å²) in [6.07, 6.45) is 0. The highest BCUT2D eigenvalue weighted by atomic mass is 16.5. The van der Waals surface area contributed by atoms with E-state index in [1.54, 1.807) is 24.3 Å². The molecule has 7 heteroatoms. The van der Waals surface area contributed by atoms with Crippen molar-refractivity contribution in [3.63, 3.8) is 0 Å². The Balaban J connectivity index is 2.13. The van der Waals surface area contributed by atoms with Crippen molar-refractivity contribution in [2.45, 2.75) is 53.0 Å². The van der Waals surface area contributed by atoms with Crippen molar-refractivity contribution < 1.29 is 14.3 Å². The topological polar surface area (TPSA) is 85.3 Å². The average molecular weight is 386 g/mol. The Kier molecular flexibility index (Phi) is 6.83. The molecule has 2 rings (SSSR count). The second kappa shape index (κ2) is 8.91. The molecule has 0 aliphatic carbocycles. The Bertz CT molecular complexity index is 834. The fraction of sp³-hybridized carbons (Fsp3) is 0.476. The Morgan fingerprint density at radius 2 is 1.93 bits per heavy atom. The summed E-state index contributed by atoms with van der Waals surface area (Å²) in [6.45, 7) is 12.7. The molecule has 1 aromatic heterocycles. The lowest BCUT2D eigenvalue weighted by atomic mass is 10.1. The Hall–Kier alpha value is -2.83. The van der Waals surface area contributed by atoms with E-state index in [1.165, 1.54) is 0 Å². The van der Waals surface area contributed by atoms with Crippen LogP contribution in [0, 0.1) is 0 Å². The fourth-order valence-corrected chi connectivity index (χ4v) is 2.71. The summed E-state index contributed by atoms with van der Waals surface area (Å²) in [7, 11) is 0. The zero-order valence-corrected chi connectivity index (χ0v) is 17.5. The van der Waals surface area contributed by atoms with Crippen LogP contribution in [0.3, 0.4) is 0 Å². The second-order valence-corrected chi connectivity index (χ2v) is 7.92. The van der Waals surface area contributed by atoms with Gasteiger partial charge in [0.25, 0.3) is 11.8 Å². The first kappa shape index (κ1) is 21.5. The van der Waals surface area contributed by atoms with E-state index < -0.39 is 0 Å². The summed E-state index contributed by atoms with van der Waals surface area (Å²) < 4.78 is 7.37. The fourth-order valence-electron chi connectivity index (χ4n) is 2.71. The van der Waals surface area contributed by atoms with Crippen molar-refractivity contribution >= 4 is 17.5 Å². The third-order valence-electron chi connectivity index (χ3n) is 4.03. The van der Waals surface area contributed by atoms with Gasteiger partial charge < -0.3 is 15.4 Å². The molecule has 7 nitrogen and oxygen atoms in total. The minimum absolute atomic E-state index is 0.0705. The third kappa shape index (κ3) is 5.58. The number of nitrogens with zero attached hydrogens (tertiary/aromatic N) is 2. The first-order valence-electron chi connectivity index (χ1n) is 9.53. The number of hydrogen-bond acceptors (Lipinski definition) is 4. The summed E-state index contributed by atoms with van der Waals surface area (Å²) >= 11 is 0. The molecule has 0 aliphatic heterocycles. The van der Waals surface area contributed by atoms with Crippen molar-refractivity contribution in [3.05, 3.63) is 41.7 Å². The molecule has 0 saturated heterocycles. The van der Waals surface area contributed by atoms with E-state index in [2.05, 4.69) is 50.4 Å². The average Bonchev–Trinajstić information content (AvgIpc) is 3.07. The number of likely N-dealkylation sites (N-methyl/N-ethyl adjacent to an activating group) is 1. The molecule has 1 heterocycles. The van der Waals surface area contributed by atoms with Crippen LogP contribution < -0.4 is 15.4 Å². The molecule has 0 fully saturated rings. The maximum absolute atomic E-state index is 12.7. The SMILES string of the molecule is CCNC(=O)COc1cccc(NC(=O)c2cc(C(C)C)n(C(C)(C)C)n2)c1. The van der Waals surface area contributed by atoms with Gasteiger partial charge in [-0.15, -0.1) is 0 Å². The number of anilines is 1. The van der Waals surface area contributed by atoms with Crippen LogP contribution in [0.15, 0.2) is 30.3 Å². The number of carbonyl (C=O) groups is 2. The number of rotatable bonds is 7. The van der Waals surface area contributed by atoms with Gasteiger partial charge in [-0.3, -0.25) is 14.3 Å². The minimum atomic E-state index is -0.286. The van der Waals surface area contributed by atoms with Crippen molar-refractivity contribution in [1.82, 2.24) is 15.1 Å². The zero-order chi connectivity index (χ0) is 20.9. The van der Waals surface area contributed by atoms with Crippen LogP contribution in [0.5, 0.6) is 5.75 Å². The molecule has 2 amide bonds. The summed E-state index contributed by atoms with van der Waals surface area (Å²) in [4.78, 5) is 24.2. The molecule has 1 aromatic carbocycles. The first-order chi connectivity index (χ1) is 13.1. The summed E-state index contributed by atoms with van der Waals surface area (Å²) in [5.74, 6) is 0.281. The highest BCUT2D eigenvalue weighted by Gasteiger charge is 2.23. The summed E-state index contributed by atoms with van der Waals surface area (Å²) in [6, 6.07) is 8.78. The van der Waals surface area contributed by atoms with E-state index in [0.717, 1.165) is 5.69 Å². The molecule has 2 aromatic rings. The van der Waals surface area contributed by atoms with Gasteiger partial charge in [-0.1, -0.05) is 19.9 Å². The van der Waals surface area contributed by atoms with Crippen molar-refractivity contribution in [2.24, 2.45) is 0 Å². The van der Waals surface area contributed by atoms with Crippen molar-refractivity contribution in [3.8, 4) is 5.75 Å². The van der Waals surface area contributed by atoms with Crippen LogP contribution in [-0.2, 0) is 10.3 Å². The van der Waals surface area contributed by atoms with E-state index in [4.69, 9.17) is 4.74 Å². The molecule has 0 bridgehead atoms. The number of ether oxygens (including phenoxy) is 1. The molecule has 152 valence electrons. The van der Waals surface area contributed by atoms with Crippen molar-refractivity contribution in [1.29, 1.82) is 0 Å². The van der Waals surface area contributed by atoms with Crippen LogP contribution in [0.4, 0.5) is 5.69 Å². The highest BCUT2D eigenvalue weighted by Crippen LogP contribution is 2.24. The molecule has 2 N–H and O–H groups in total. The normalized spacial score (nSPS) is 11.4. The number of amides is 2. The quantitative estimate of drug-likeness (QED) is 0.762. The number of carbonyl (C=O) groups excluding carboxylic acids is 2. The van der Waals surface area contributed by atoms with Crippen LogP contribution in [0.2, 0.25) is 0 Å². The highest BCUT2D eigenvalue weighted by molar-refractivity contribution is 6.03. The van der Waals surface area contributed by atoms with Crippen LogP contribution >= 0.6 is 0 Å². The van der Waals surface area contributed by atoms with E-state index in [1.807, 2.05) is 17.7 Å². The smallest absolute Gasteiger partial charge is 0.276 e. The molecule has 0 spiro atoms. The maximum Gasteiger partial charge on any atom is 0.276 e. The molecular formula is C21H30N4O3. The minimum Gasteiger partial charge on any atom is -0.484 e. The first-order valence-corrected chi connectivity index (χ1v) is 9.53. The van der Waals surface area contributed by atoms with Gasteiger partial charge in [-0.05, 0) is 51.8 Å². The lowest BCUT2D eigenvalue weighted by molar-refractivity contribution is -0.122. The Labute approximate surface area is 166 Å². The van der Waals surface area contributed by atoms with Gasteiger partial charge >= 0.3 is 0 Å². The van der Waals surface area contributed by atoms with Crippen LogP contribution in [-0.4, -0.2) is 34.7 Å². The molecule has 0 saturated carbocycles. The molecule has 0 atom stereocenters. The lowest BCUT2D eigenvalue weighted by Gasteiger charge is -2.23. The largest absolute Gasteiger partial charge is 0.484 e. The standard InChI is InChI=1S/C21H30N4O3/c1-7-22-19(26)13-28-16-10-8-9-15(11-16)23-20(27)17-12-18(14(2)3)25(24-17)21(4,5)6/h8-12,14H,7,13H2,1-6H3,(H,22,26)(H,23,27).